The van der Waals surface area contributed by atoms with Gasteiger partial charge in [0.25, 0.3) is 0 Å². The number of hydrogen-bond acceptors (Lipinski definition) is 4. The Kier molecular flexibility index (Phi) is 3.22. The lowest BCUT2D eigenvalue weighted by molar-refractivity contribution is 0.700. The summed E-state index contributed by atoms with van der Waals surface area (Å²) in [5, 5.41) is 9.38. The van der Waals surface area contributed by atoms with Crippen LogP contribution < -0.4 is 4.90 Å². The van der Waals surface area contributed by atoms with Crippen LogP contribution in [0.5, 0.6) is 0 Å². The van der Waals surface area contributed by atoms with Gasteiger partial charge in [-0.3, -0.25) is 4.57 Å². The third-order valence-corrected chi connectivity index (χ3v) is 4.44. The first kappa shape index (κ1) is 11.9. The van der Waals surface area contributed by atoms with Gasteiger partial charge in [-0.15, -0.1) is 16.4 Å². The first-order chi connectivity index (χ1) is 8.75. The number of nitrogens with one attached hydrogen (secondary N) is 1. The van der Waals surface area contributed by atoms with Gasteiger partial charge in [-0.1, -0.05) is 6.07 Å². The van der Waals surface area contributed by atoms with Crippen LogP contribution >= 0.6 is 23.6 Å². The molecular formula is C12H16N4S2. The van der Waals surface area contributed by atoms with Crippen LogP contribution in [-0.4, -0.2) is 28.4 Å². The van der Waals surface area contributed by atoms with E-state index in [0.717, 1.165) is 23.7 Å². The van der Waals surface area contributed by atoms with Gasteiger partial charge in [0.1, 0.15) is 0 Å². The first-order valence-electron chi connectivity index (χ1n) is 6.16. The van der Waals surface area contributed by atoms with Gasteiger partial charge < -0.3 is 4.90 Å². The number of aromatic amines is 1. The molecule has 1 saturated carbocycles. The van der Waals surface area contributed by atoms with E-state index in [2.05, 4.69) is 44.2 Å². The number of likely N-dealkylation sites (N-methyl/N-ethyl adjacent to an activating group) is 1. The molecule has 6 heteroatoms. The summed E-state index contributed by atoms with van der Waals surface area (Å²) in [6, 6.07) is 4.84. The van der Waals surface area contributed by atoms with Crippen molar-refractivity contribution in [2.45, 2.75) is 25.3 Å². The minimum absolute atomic E-state index is 0.565. The normalized spacial score (nSPS) is 14.9. The van der Waals surface area contributed by atoms with Crippen molar-refractivity contribution in [3.63, 3.8) is 0 Å². The molecule has 0 spiro atoms. The Morgan fingerprint density at radius 1 is 1.61 bits per heavy atom. The zero-order chi connectivity index (χ0) is 12.5. The Morgan fingerprint density at radius 3 is 3.11 bits per heavy atom. The van der Waals surface area contributed by atoms with Crippen molar-refractivity contribution < 1.29 is 0 Å². The summed E-state index contributed by atoms with van der Waals surface area (Å²) < 4.78 is 2.90. The summed E-state index contributed by atoms with van der Waals surface area (Å²) in [5.74, 6) is 0.971. The van der Waals surface area contributed by atoms with Gasteiger partial charge in [0.05, 0.1) is 0 Å². The maximum atomic E-state index is 5.29. The number of anilines is 1. The maximum Gasteiger partial charge on any atom is 0.225 e. The van der Waals surface area contributed by atoms with Gasteiger partial charge in [0, 0.05) is 24.5 Å². The molecule has 2 aromatic rings. The Bertz CT molecular complexity index is 565. The quantitative estimate of drug-likeness (QED) is 0.855. The minimum atomic E-state index is 0.565. The van der Waals surface area contributed by atoms with Crippen LogP contribution in [0.1, 0.15) is 23.8 Å². The Labute approximate surface area is 115 Å². The van der Waals surface area contributed by atoms with E-state index in [1.807, 2.05) is 0 Å². The maximum absolute atomic E-state index is 5.29. The molecule has 0 aromatic carbocycles. The second-order valence-corrected chi connectivity index (χ2v) is 6.10. The number of aromatic nitrogens is 3. The summed E-state index contributed by atoms with van der Waals surface area (Å²) >= 11 is 7.10. The van der Waals surface area contributed by atoms with Crippen molar-refractivity contribution in [1.82, 2.24) is 14.8 Å². The number of rotatable bonds is 5. The van der Waals surface area contributed by atoms with Crippen LogP contribution in [0.4, 0.5) is 5.95 Å². The second-order valence-electron chi connectivity index (χ2n) is 4.68. The minimum Gasteiger partial charge on any atom is -0.344 e. The van der Waals surface area contributed by atoms with E-state index in [1.54, 1.807) is 11.3 Å². The number of nitrogens with zero attached hydrogens (tertiary/aromatic N) is 3. The number of thiophene rings is 1. The molecule has 0 radical (unpaired) electrons. The Morgan fingerprint density at radius 2 is 2.44 bits per heavy atom. The van der Waals surface area contributed by atoms with Crippen molar-refractivity contribution in [2.75, 3.05) is 18.5 Å². The number of H-pyrrole nitrogens is 1. The molecule has 1 N–H and O–H groups in total. The monoisotopic (exact) mass is 280 g/mol. The van der Waals surface area contributed by atoms with Crippen LogP contribution in [0, 0.1) is 4.77 Å². The highest BCUT2D eigenvalue weighted by atomic mass is 32.1. The fraction of sp³-hybridized carbons (Fsp3) is 0.500. The van der Waals surface area contributed by atoms with Crippen LogP contribution in [-0.2, 0) is 6.42 Å². The lowest BCUT2D eigenvalue weighted by Gasteiger charge is -2.18. The van der Waals surface area contributed by atoms with Gasteiger partial charge in [-0.25, -0.2) is 5.10 Å². The molecule has 3 rings (SSSR count). The average molecular weight is 280 g/mol. The van der Waals surface area contributed by atoms with E-state index in [9.17, 15) is 0 Å². The van der Waals surface area contributed by atoms with Gasteiger partial charge in [-0.2, -0.15) is 0 Å². The molecule has 2 aromatic heterocycles. The largest absolute Gasteiger partial charge is 0.344 e. The fourth-order valence-corrected chi connectivity index (χ4v) is 3.03. The smallest absolute Gasteiger partial charge is 0.225 e. The highest BCUT2D eigenvalue weighted by Gasteiger charge is 2.28. The molecule has 0 aliphatic heterocycles. The molecule has 1 aliphatic rings. The average Bonchev–Trinajstić information content (AvgIpc) is 2.91. The molecule has 1 aliphatic carbocycles. The molecule has 0 bridgehead atoms. The zero-order valence-corrected chi connectivity index (χ0v) is 11.9. The molecule has 1 fully saturated rings. The molecule has 4 nitrogen and oxygen atoms in total. The van der Waals surface area contributed by atoms with Crippen LogP contribution in [0.15, 0.2) is 17.5 Å². The van der Waals surface area contributed by atoms with Crippen molar-refractivity contribution in [3.05, 3.63) is 27.2 Å². The molecule has 0 saturated heterocycles. The second kappa shape index (κ2) is 4.85. The summed E-state index contributed by atoms with van der Waals surface area (Å²) in [6.07, 6.45) is 3.50. The zero-order valence-electron chi connectivity index (χ0n) is 10.3. The highest BCUT2D eigenvalue weighted by molar-refractivity contribution is 7.71. The molecule has 96 valence electrons. The van der Waals surface area contributed by atoms with Crippen LogP contribution in [0.25, 0.3) is 0 Å². The lowest BCUT2D eigenvalue weighted by atomic mass is 10.3. The van der Waals surface area contributed by atoms with Crippen molar-refractivity contribution >= 4 is 29.5 Å². The van der Waals surface area contributed by atoms with Crippen molar-refractivity contribution in [1.29, 1.82) is 0 Å². The predicted molar refractivity (Wildman–Crippen MR) is 77.0 cm³/mol. The van der Waals surface area contributed by atoms with E-state index in [0.29, 0.717) is 6.04 Å². The first-order valence-corrected chi connectivity index (χ1v) is 7.45. The van der Waals surface area contributed by atoms with E-state index in [1.165, 1.54) is 17.7 Å². The third-order valence-electron chi connectivity index (χ3n) is 3.21. The van der Waals surface area contributed by atoms with Crippen molar-refractivity contribution in [2.24, 2.45) is 0 Å². The standard InChI is InChI=1S/C12H16N4S2/c1-15(7-6-10-3-2-8-18-10)11-13-14-12(17)16(11)9-4-5-9/h2-3,8-9H,4-7H2,1H3,(H,14,17). The molecular weight excluding hydrogens is 264 g/mol. The SMILES string of the molecule is CN(CCc1cccs1)c1n[nH]c(=S)n1C1CC1. The topological polar surface area (TPSA) is 36.9 Å². The molecule has 0 atom stereocenters. The van der Waals surface area contributed by atoms with E-state index >= 15 is 0 Å². The molecule has 0 amide bonds. The van der Waals surface area contributed by atoms with Crippen molar-refractivity contribution in [3.8, 4) is 0 Å². The van der Waals surface area contributed by atoms with E-state index in [4.69, 9.17) is 12.2 Å². The number of hydrogen-bond donors (Lipinski definition) is 1. The highest BCUT2D eigenvalue weighted by Crippen LogP contribution is 2.37. The Balaban J connectivity index is 1.72. The summed E-state index contributed by atoms with van der Waals surface area (Å²) in [6.45, 7) is 0.965. The van der Waals surface area contributed by atoms with E-state index in [-0.39, 0.29) is 0 Å². The van der Waals surface area contributed by atoms with Gasteiger partial charge >= 0.3 is 0 Å². The van der Waals surface area contributed by atoms with E-state index < -0.39 is 0 Å². The van der Waals surface area contributed by atoms with Gasteiger partial charge in [-0.05, 0) is 42.9 Å². The molecule has 2 heterocycles. The van der Waals surface area contributed by atoms with Crippen LogP contribution in [0.2, 0.25) is 0 Å². The molecule has 0 unspecified atom stereocenters. The molecule has 18 heavy (non-hydrogen) atoms. The van der Waals surface area contributed by atoms with Crippen LogP contribution in [0.3, 0.4) is 0 Å². The summed E-state index contributed by atoms with van der Waals surface area (Å²) in [4.78, 5) is 3.60. The Hall–Kier alpha value is -1.14. The van der Waals surface area contributed by atoms with Gasteiger partial charge in [0.15, 0.2) is 4.77 Å². The van der Waals surface area contributed by atoms with Gasteiger partial charge in [0.2, 0.25) is 5.95 Å². The fourth-order valence-electron chi connectivity index (χ4n) is 2.06. The third kappa shape index (κ3) is 2.35. The summed E-state index contributed by atoms with van der Waals surface area (Å²) in [5.41, 5.74) is 0. The summed E-state index contributed by atoms with van der Waals surface area (Å²) in [7, 11) is 2.08. The lowest BCUT2D eigenvalue weighted by Crippen LogP contribution is -2.23. The predicted octanol–water partition coefficient (Wildman–Crippen LogP) is 3.02.